The number of hydrogen-bond acceptors (Lipinski definition) is 6. The van der Waals surface area contributed by atoms with Crippen molar-refractivity contribution in [2.75, 3.05) is 22.8 Å². The number of aromatic nitrogens is 1. The number of nitrogens with zero attached hydrogens (tertiary/aromatic N) is 1. The van der Waals surface area contributed by atoms with Crippen LogP contribution in [-0.4, -0.2) is 23.3 Å². The zero-order valence-corrected chi connectivity index (χ0v) is 20.0. The van der Waals surface area contributed by atoms with Crippen molar-refractivity contribution in [3.8, 4) is 11.5 Å². The van der Waals surface area contributed by atoms with Crippen LogP contribution in [-0.2, 0) is 7.05 Å². The predicted octanol–water partition coefficient (Wildman–Crippen LogP) is 5.12. The average molecular weight is 471 g/mol. The van der Waals surface area contributed by atoms with Crippen LogP contribution in [0.25, 0.3) is 0 Å². The lowest BCUT2D eigenvalue weighted by Gasteiger charge is -2.20. The van der Waals surface area contributed by atoms with Gasteiger partial charge in [0.1, 0.15) is 28.7 Å². The number of halogens is 1. The average Bonchev–Trinajstić information content (AvgIpc) is 2.79. The molecule has 1 amide bonds. The van der Waals surface area contributed by atoms with Crippen LogP contribution in [0, 0.1) is 19.7 Å². The number of anilines is 3. The van der Waals surface area contributed by atoms with E-state index < -0.39 is 17.3 Å². The van der Waals surface area contributed by atoms with E-state index in [2.05, 4.69) is 15.4 Å². The highest BCUT2D eigenvalue weighted by Crippen LogP contribution is 2.35. The van der Waals surface area contributed by atoms with Crippen molar-refractivity contribution in [3.63, 3.8) is 0 Å². The molecule has 2 aromatic carbocycles. The maximum Gasteiger partial charge on any atom is 0.258 e. The van der Waals surface area contributed by atoms with E-state index in [1.807, 2.05) is 26.0 Å². The first-order valence-corrected chi connectivity index (χ1v) is 11.4. The lowest BCUT2D eigenvalue weighted by atomic mass is 10.1. The summed E-state index contributed by atoms with van der Waals surface area (Å²) in [4.78, 5) is 25.6. The molecule has 174 valence electrons. The standard InChI is InChI=1S/C24H27FN4O3S/c1-6-33-28-17-8-7-9-19(15(17)3)32-20-13-21(30)29(5)23(22(20)24(31)26-4)27-18-11-10-14(2)12-16(18)25/h7-13,27-28H,6H2,1-5H3,(H,26,31). The molecule has 0 radical (unpaired) electrons. The molecule has 0 spiro atoms. The summed E-state index contributed by atoms with van der Waals surface area (Å²) in [7, 11) is 2.98. The monoisotopic (exact) mass is 470 g/mol. The SMILES string of the molecule is CCSNc1cccc(Oc2cc(=O)n(C)c(Nc3ccc(C)cc3F)c2C(=O)NC)c1C. The molecule has 0 unspecified atom stereocenters. The molecule has 0 atom stereocenters. The second kappa shape index (κ2) is 10.4. The quantitative estimate of drug-likeness (QED) is 0.397. The van der Waals surface area contributed by atoms with Crippen LogP contribution in [0.4, 0.5) is 21.6 Å². The minimum absolute atomic E-state index is 0.0656. The van der Waals surface area contributed by atoms with E-state index in [0.29, 0.717) is 5.75 Å². The van der Waals surface area contributed by atoms with Gasteiger partial charge in [-0.3, -0.25) is 14.2 Å². The Labute approximate surface area is 196 Å². The van der Waals surface area contributed by atoms with E-state index >= 15 is 0 Å². The first-order valence-electron chi connectivity index (χ1n) is 10.4. The normalized spacial score (nSPS) is 10.6. The molecule has 3 rings (SSSR count). The molecular weight excluding hydrogens is 443 g/mol. The van der Waals surface area contributed by atoms with Crippen molar-refractivity contribution in [1.29, 1.82) is 0 Å². The molecule has 0 bridgehead atoms. The van der Waals surface area contributed by atoms with E-state index in [-0.39, 0.29) is 22.8 Å². The van der Waals surface area contributed by atoms with Crippen LogP contribution >= 0.6 is 11.9 Å². The van der Waals surface area contributed by atoms with Gasteiger partial charge in [-0.25, -0.2) is 4.39 Å². The smallest absolute Gasteiger partial charge is 0.258 e. The summed E-state index contributed by atoms with van der Waals surface area (Å²) in [6.45, 7) is 5.70. The van der Waals surface area contributed by atoms with Crippen LogP contribution in [0.1, 0.15) is 28.4 Å². The van der Waals surface area contributed by atoms with Gasteiger partial charge >= 0.3 is 0 Å². The Morgan fingerprint density at radius 3 is 2.55 bits per heavy atom. The number of carbonyl (C=O) groups excluding carboxylic acids is 1. The topological polar surface area (TPSA) is 84.4 Å². The van der Waals surface area contributed by atoms with Gasteiger partial charge in [0.05, 0.1) is 11.4 Å². The molecule has 0 fully saturated rings. The Balaban J connectivity index is 2.13. The minimum atomic E-state index is -0.500. The first-order chi connectivity index (χ1) is 15.8. The molecule has 7 nitrogen and oxygen atoms in total. The van der Waals surface area contributed by atoms with Crippen molar-refractivity contribution in [1.82, 2.24) is 9.88 Å². The number of amides is 1. The number of ether oxygens (including phenoxy) is 1. The van der Waals surface area contributed by atoms with Crippen molar-refractivity contribution in [3.05, 3.63) is 75.3 Å². The lowest BCUT2D eigenvalue weighted by molar-refractivity contribution is 0.0961. The first kappa shape index (κ1) is 24.2. The molecule has 0 saturated carbocycles. The summed E-state index contributed by atoms with van der Waals surface area (Å²) >= 11 is 1.54. The molecule has 0 aliphatic heterocycles. The third-order valence-electron chi connectivity index (χ3n) is 5.07. The van der Waals surface area contributed by atoms with Gasteiger partial charge in [-0.05, 0) is 43.7 Å². The molecule has 33 heavy (non-hydrogen) atoms. The second-order valence-corrected chi connectivity index (χ2v) is 8.45. The summed E-state index contributed by atoms with van der Waals surface area (Å²) in [6, 6.07) is 11.4. The number of aryl methyl sites for hydroxylation is 1. The van der Waals surface area contributed by atoms with Gasteiger partial charge in [0.15, 0.2) is 0 Å². The summed E-state index contributed by atoms with van der Waals surface area (Å²) in [6.07, 6.45) is 0. The van der Waals surface area contributed by atoms with Gasteiger partial charge in [-0.15, -0.1) is 0 Å². The lowest BCUT2D eigenvalue weighted by Crippen LogP contribution is -2.27. The molecule has 1 aromatic heterocycles. The highest BCUT2D eigenvalue weighted by molar-refractivity contribution is 8.00. The number of pyridine rings is 1. The van der Waals surface area contributed by atoms with Crippen molar-refractivity contribution >= 4 is 35.0 Å². The minimum Gasteiger partial charge on any atom is -0.456 e. The number of benzene rings is 2. The van der Waals surface area contributed by atoms with Crippen molar-refractivity contribution < 1.29 is 13.9 Å². The Bertz CT molecular complexity index is 1240. The summed E-state index contributed by atoms with van der Waals surface area (Å²) in [5, 5.41) is 5.48. The van der Waals surface area contributed by atoms with Crippen molar-refractivity contribution in [2.45, 2.75) is 20.8 Å². The van der Waals surface area contributed by atoms with Crippen molar-refractivity contribution in [2.24, 2.45) is 7.05 Å². The fourth-order valence-corrected chi connectivity index (χ4v) is 3.72. The third kappa shape index (κ3) is 5.31. The molecule has 0 saturated heterocycles. The molecule has 3 N–H and O–H groups in total. The number of nitrogens with one attached hydrogen (secondary N) is 3. The predicted molar refractivity (Wildman–Crippen MR) is 133 cm³/mol. The Morgan fingerprint density at radius 2 is 1.88 bits per heavy atom. The van der Waals surface area contributed by atoms with Crippen LogP contribution in [0.5, 0.6) is 11.5 Å². The van der Waals surface area contributed by atoms with Crippen LogP contribution in [0.2, 0.25) is 0 Å². The molecule has 9 heteroatoms. The summed E-state index contributed by atoms with van der Waals surface area (Å²) in [5.41, 5.74) is 2.24. The number of carbonyl (C=O) groups is 1. The summed E-state index contributed by atoms with van der Waals surface area (Å²) < 4.78 is 25.1. The van der Waals surface area contributed by atoms with E-state index in [0.717, 1.165) is 22.6 Å². The van der Waals surface area contributed by atoms with Gasteiger partial charge in [-0.2, -0.15) is 0 Å². The molecule has 0 aliphatic rings. The molecule has 0 aliphatic carbocycles. The molecule has 3 aromatic rings. The fraction of sp³-hybridized carbons (Fsp3) is 0.250. The number of rotatable bonds is 8. The van der Waals surface area contributed by atoms with Gasteiger partial charge < -0.3 is 20.1 Å². The Hall–Kier alpha value is -3.46. The van der Waals surface area contributed by atoms with E-state index in [9.17, 15) is 14.0 Å². The second-order valence-electron chi connectivity index (χ2n) is 7.38. The maximum absolute atomic E-state index is 14.5. The highest BCUT2D eigenvalue weighted by atomic mass is 32.2. The summed E-state index contributed by atoms with van der Waals surface area (Å²) in [5.74, 6) is 0.570. The van der Waals surface area contributed by atoms with Gasteiger partial charge in [-0.1, -0.05) is 31.0 Å². The highest BCUT2D eigenvalue weighted by Gasteiger charge is 2.23. The maximum atomic E-state index is 14.5. The van der Waals surface area contributed by atoms with Crippen LogP contribution in [0.15, 0.2) is 47.3 Å². The third-order valence-corrected chi connectivity index (χ3v) is 5.72. The Kier molecular flexibility index (Phi) is 7.65. The van der Waals surface area contributed by atoms with Gasteiger partial charge in [0.2, 0.25) is 0 Å². The largest absolute Gasteiger partial charge is 0.456 e. The van der Waals surface area contributed by atoms with E-state index in [1.165, 1.54) is 30.8 Å². The van der Waals surface area contributed by atoms with E-state index in [1.54, 1.807) is 37.1 Å². The van der Waals surface area contributed by atoms with Gasteiger partial charge in [0.25, 0.3) is 11.5 Å². The Morgan fingerprint density at radius 1 is 1.12 bits per heavy atom. The number of hydrogen-bond donors (Lipinski definition) is 3. The zero-order chi connectivity index (χ0) is 24.1. The van der Waals surface area contributed by atoms with Crippen LogP contribution in [0.3, 0.4) is 0 Å². The van der Waals surface area contributed by atoms with Gasteiger partial charge in [0, 0.05) is 31.5 Å². The van der Waals surface area contributed by atoms with E-state index in [4.69, 9.17) is 4.74 Å². The molecular formula is C24H27FN4O3S. The zero-order valence-electron chi connectivity index (χ0n) is 19.2. The van der Waals surface area contributed by atoms with Crippen LogP contribution < -0.4 is 25.7 Å². The fourth-order valence-electron chi connectivity index (χ4n) is 3.20. The molecule has 1 heterocycles.